The molecule has 0 aromatic carbocycles. The summed E-state index contributed by atoms with van der Waals surface area (Å²) in [4.78, 5) is 0. The third-order valence-electron chi connectivity index (χ3n) is 2.92. The minimum Gasteiger partial charge on any atom is -0.429 e. The van der Waals surface area contributed by atoms with Crippen LogP contribution < -0.4 is 0 Å². The van der Waals surface area contributed by atoms with Crippen molar-refractivity contribution in [2.45, 2.75) is 52.4 Å². The van der Waals surface area contributed by atoms with E-state index in [0.717, 1.165) is 0 Å². The van der Waals surface area contributed by atoms with Crippen LogP contribution in [0.3, 0.4) is 0 Å². The second kappa shape index (κ2) is 4.47. The molecular weight excluding hydrogens is 211 g/mol. The summed E-state index contributed by atoms with van der Waals surface area (Å²) in [5.41, 5.74) is 6.66. The summed E-state index contributed by atoms with van der Waals surface area (Å²) in [6.45, 7) is 13.8. The van der Waals surface area contributed by atoms with E-state index in [9.17, 15) is 0 Å². The lowest BCUT2D eigenvalue weighted by atomic mass is 9.77. The lowest BCUT2D eigenvalue weighted by Gasteiger charge is -2.27. The Morgan fingerprint density at radius 2 is 1.35 bits per heavy atom. The van der Waals surface area contributed by atoms with E-state index in [0.29, 0.717) is 0 Å². The largest absolute Gasteiger partial charge is 0.482 e. The lowest BCUT2D eigenvalue weighted by Crippen LogP contribution is -2.20. The zero-order valence-corrected chi connectivity index (χ0v) is 11.6. The Morgan fingerprint density at radius 3 is 1.65 bits per heavy atom. The third kappa shape index (κ3) is 3.11. The molecule has 0 aromatic heterocycles. The Morgan fingerprint density at radius 1 is 0.882 bits per heavy atom. The molecule has 2 rings (SSSR count). The third-order valence-corrected chi connectivity index (χ3v) is 2.92. The standard InChI is InChI=1S/C14H20.BH2O2/c1-13(2,3)11-8-9-7-10(9)12(11)14(4,5)6;2-1-3/h7-8H,1-6H3;2-3H. The number of benzene rings is 1. The van der Waals surface area contributed by atoms with E-state index in [1.54, 1.807) is 5.56 Å². The van der Waals surface area contributed by atoms with E-state index in [1.807, 2.05) is 0 Å². The highest BCUT2D eigenvalue weighted by Crippen LogP contribution is 2.50. The Labute approximate surface area is 105 Å². The summed E-state index contributed by atoms with van der Waals surface area (Å²) >= 11 is 0. The van der Waals surface area contributed by atoms with E-state index < -0.39 is 0 Å². The molecule has 2 N–H and O–H groups in total. The summed E-state index contributed by atoms with van der Waals surface area (Å²) in [6, 6.07) is 4.67. The van der Waals surface area contributed by atoms with Gasteiger partial charge >= 0.3 is 7.69 Å². The Hall–Kier alpha value is -0.795. The molecule has 2 aliphatic carbocycles. The highest BCUT2D eigenvalue weighted by Gasteiger charge is 2.34. The van der Waals surface area contributed by atoms with E-state index in [-0.39, 0.29) is 18.5 Å². The van der Waals surface area contributed by atoms with Crippen molar-refractivity contribution >= 4 is 7.69 Å². The number of fused-ring (bicyclic) bond motifs is 1. The van der Waals surface area contributed by atoms with E-state index in [1.165, 1.54) is 16.7 Å². The zero-order chi connectivity index (χ0) is 13.4. The van der Waals surface area contributed by atoms with Gasteiger partial charge < -0.3 is 10.0 Å². The fraction of sp³-hybridized carbons (Fsp3) is 0.571. The molecule has 0 saturated heterocycles. The maximum absolute atomic E-state index is 7.00. The van der Waals surface area contributed by atoms with Gasteiger partial charge in [-0.25, -0.2) is 0 Å². The molecule has 0 atom stereocenters. The molecular formula is C14H22BO2. The molecule has 2 nitrogen and oxygen atoms in total. The average Bonchev–Trinajstić information content (AvgIpc) is 2.73. The summed E-state index contributed by atoms with van der Waals surface area (Å²) in [7, 11) is 0. The molecule has 0 saturated carbocycles. The molecule has 17 heavy (non-hydrogen) atoms. The van der Waals surface area contributed by atoms with Gasteiger partial charge in [-0.15, -0.1) is 0 Å². The van der Waals surface area contributed by atoms with Gasteiger partial charge in [-0.05, 0) is 39.2 Å². The van der Waals surface area contributed by atoms with Crippen molar-refractivity contribution in [1.29, 1.82) is 0 Å². The van der Waals surface area contributed by atoms with Gasteiger partial charge in [0, 0.05) is 0 Å². The fourth-order valence-corrected chi connectivity index (χ4v) is 2.23. The summed E-state index contributed by atoms with van der Waals surface area (Å²) in [5.74, 6) is 0. The Balaban J connectivity index is 0.000000437. The van der Waals surface area contributed by atoms with E-state index in [2.05, 4.69) is 53.7 Å². The maximum atomic E-state index is 7.00. The summed E-state index contributed by atoms with van der Waals surface area (Å²) in [5, 5.41) is 14.0. The van der Waals surface area contributed by atoms with Crippen molar-refractivity contribution in [1.82, 2.24) is 0 Å². The molecule has 0 aromatic rings. The number of hydrogen-bond donors (Lipinski definition) is 2. The van der Waals surface area contributed by atoms with Crippen LogP contribution in [0.1, 0.15) is 52.7 Å². The first-order chi connectivity index (χ1) is 7.62. The quantitative estimate of drug-likeness (QED) is 0.687. The van der Waals surface area contributed by atoms with Gasteiger partial charge in [0.25, 0.3) is 0 Å². The van der Waals surface area contributed by atoms with Gasteiger partial charge in [0.1, 0.15) is 0 Å². The van der Waals surface area contributed by atoms with Gasteiger partial charge in [0.2, 0.25) is 0 Å². The Bertz CT molecular complexity index is 411. The molecule has 0 heterocycles. The molecule has 1 radical (unpaired) electrons. The monoisotopic (exact) mass is 233 g/mol. The van der Waals surface area contributed by atoms with Crippen molar-refractivity contribution in [2.24, 2.45) is 0 Å². The predicted octanol–water partition coefficient (Wildman–Crippen LogP) is 2.77. The van der Waals surface area contributed by atoms with Crippen molar-refractivity contribution in [3.05, 3.63) is 23.3 Å². The first-order valence-corrected chi connectivity index (χ1v) is 5.92. The van der Waals surface area contributed by atoms with Gasteiger partial charge in [0.05, 0.1) is 0 Å². The molecule has 3 heteroatoms. The molecule has 93 valence electrons. The van der Waals surface area contributed by atoms with Crippen LogP contribution >= 0.6 is 0 Å². The summed E-state index contributed by atoms with van der Waals surface area (Å²) in [6.07, 6.45) is 0. The van der Waals surface area contributed by atoms with Gasteiger partial charge in [-0.3, -0.25) is 0 Å². The van der Waals surface area contributed by atoms with Crippen molar-refractivity contribution in [3.63, 3.8) is 0 Å². The first-order valence-electron chi connectivity index (χ1n) is 5.92. The van der Waals surface area contributed by atoms with Crippen LogP contribution in [-0.4, -0.2) is 17.7 Å². The molecule has 2 aliphatic rings. The average molecular weight is 233 g/mol. The van der Waals surface area contributed by atoms with Crippen LogP contribution in [0.5, 0.6) is 0 Å². The second-order valence-electron chi connectivity index (χ2n) is 6.56. The highest BCUT2D eigenvalue weighted by atomic mass is 16.4. The molecule has 0 amide bonds. The SMILES string of the molecule is CC(C)(C)c1cc2cc-2c1C(C)(C)C.O[B]O. The van der Waals surface area contributed by atoms with Gasteiger partial charge in [-0.1, -0.05) is 47.6 Å². The van der Waals surface area contributed by atoms with Crippen LogP contribution in [0.25, 0.3) is 11.1 Å². The van der Waals surface area contributed by atoms with E-state index in [4.69, 9.17) is 10.0 Å². The van der Waals surface area contributed by atoms with Crippen LogP contribution in [-0.2, 0) is 10.8 Å². The van der Waals surface area contributed by atoms with E-state index >= 15 is 0 Å². The molecule has 0 bridgehead atoms. The Kier molecular flexibility index (Phi) is 3.75. The van der Waals surface area contributed by atoms with Crippen LogP contribution in [0.4, 0.5) is 0 Å². The van der Waals surface area contributed by atoms with Crippen molar-refractivity contribution in [3.8, 4) is 11.1 Å². The van der Waals surface area contributed by atoms with Crippen molar-refractivity contribution in [2.75, 3.05) is 0 Å². The zero-order valence-electron chi connectivity index (χ0n) is 11.6. The van der Waals surface area contributed by atoms with Crippen LogP contribution in [0.15, 0.2) is 12.1 Å². The normalized spacial score (nSPS) is 12.7. The minimum absolute atomic E-state index is 0. The van der Waals surface area contributed by atoms with Gasteiger partial charge in [0.15, 0.2) is 0 Å². The minimum atomic E-state index is 0. The number of hydrogen-bond acceptors (Lipinski definition) is 2. The predicted molar refractivity (Wildman–Crippen MR) is 73.0 cm³/mol. The van der Waals surface area contributed by atoms with Gasteiger partial charge in [-0.2, -0.15) is 0 Å². The van der Waals surface area contributed by atoms with Crippen LogP contribution in [0.2, 0.25) is 0 Å². The number of rotatable bonds is 0. The molecule has 0 fully saturated rings. The highest BCUT2D eigenvalue weighted by molar-refractivity contribution is 6.13. The van der Waals surface area contributed by atoms with Crippen molar-refractivity contribution < 1.29 is 10.0 Å². The second-order valence-corrected chi connectivity index (χ2v) is 6.56. The molecule has 0 aliphatic heterocycles. The summed E-state index contributed by atoms with van der Waals surface area (Å²) < 4.78 is 0. The van der Waals surface area contributed by atoms with Crippen LogP contribution in [0, 0.1) is 0 Å². The fourth-order valence-electron chi connectivity index (χ4n) is 2.23. The first kappa shape index (κ1) is 14.3. The maximum Gasteiger partial charge on any atom is 0.482 e. The lowest BCUT2D eigenvalue weighted by molar-refractivity contribution is 0.448. The topological polar surface area (TPSA) is 40.5 Å². The smallest absolute Gasteiger partial charge is 0.429 e. The molecule has 0 unspecified atom stereocenters. The molecule has 0 spiro atoms.